The number of ketones is 1. The van der Waals surface area contributed by atoms with Gasteiger partial charge in [0.15, 0.2) is 6.61 Å². The summed E-state index contributed by atoms with van der Waals surface area (Å²) >= 11 is 6.02. The fourth-order valence-electron chi connectivity index (χ4n) is 6.21. The third-order valence-corrected chi connectivity index (χ3v) is 9.73. The Bertz CT molecular complexity index is 2140. The van der Waals surface area contributed by atoms with Crippen LogP contribution < -0.4 is 26.0 Å². The molecule has 2 amide bonds. The number of hydrogen-bond acceptors (Lipinski definition) is 10. The van der Waals surface area contributed by atoms with Gasteiger partial charge in [0.2, 0.25) is 17.7 Å². The molecule has 1 aromatic heterocycles. The number of alkyl halides is 3. The predicted molar refractivity (Wildman–Crippen MR) is 195 cm³/mol. The second-order valence-corrected chi connectivity index (χ2v) is 14.2. The molecule has 13 nitrogen and oxygen atoms in total. The number of nitrogens with one attached hydrogen (secondary N) is 4. The van der Waals surface area contributed by atoms with E-state index in [1.165, 1.54) is 24.3 Å². The number of anilines is 3. The standard InChI is InChI=1S/C38H35ClF5N7O6/c39-23-6-4-22(5-7-23)37(14-15-37)51-35-48-34(49-36(50-35)57-19-38(42,43)44)46-25-9-1-20(2-10-25)31(53)47-29(33(55)56)13-16-45-32(54)30(52)12-3-21-17-26(21)27-18-24(40)8-11-28(27)41/h1-2,4-11,18,21,26,29H,3,12-17,19H2,(H,45,54)(H,47,53)(H,55,56)(H2,46,48,49,50,51)/t21?,26?,29-/m0/s1. The number of aliphatic carboxylic acids is 1. The zero-order chi connectivity index (χ0) is 40.9. The van der Waals surface area contributed by atoms with E-state index in [4.69, 9.17) is 16.3 Å². The Kier molecular flexibility index (Phi) is 12.2. The largest absolute Gasteiger partial charge is 0.480 e. The zero-order valence-electron chi connectivity index (χ0n) is 29.8. The number of amides is 2. The van der Waals surface area contributed by atoms with Gasteiger partial charge >= 0.3 is 18.2 Å². The molecule has 0 aliphatic heterocycles. The normalized spacial score (nSPS) is 17.2. The first-order chi connectivity index (χ1) is 27.1. The number of benzene rings is 3. The van der Waals surface area contributed by atoms with Crippen LogP contribution in [0.1, 0.15) is 65.9 Å². The number of carboxylic acids is 1. The molecular weight excluding hydrogens is 781 g/mol. The minimum Gasteiger partial charge on any atom is -0.480 e. The molecule has 3 aromatic carbocycles. The van der Waals surface area contributed by atoms with Gasteiger partial charge in [0.05, 0.1) is 5.54 Å². The molecule has 2 aliphatic carbocycles. The molecule has 19 heteroatoms. The molecule has 0 saturated heterocycles. The van der Waals surface area contributed by atoms with Crippen LogP contribution in [-0.4, -0.2) is 69.0 Å². The number of carbonyl (C=O) groups is 4. The minimum absolute atomic E-state index is 0.0494. The summed E-state index contributed by atoms with van der Waals surface area (Å²) in [5.41, 5.74) is 0.892. The van der Waals surface area contributed by atoms with Crippen molar-refractivity contribution in [3.63, 3.8) is 0 Å². The minimum atomic E-state index is -4.66. The van der Waals surface area contributed by atoms with Crippen LogP contribution in [0.5, 0.6) is 6.01 Å². The van der Waals surface area contributed by atoms with Gasteiger partial charge in [0.1, 0.15) is 17.7 Å². The van der Waals surface area contributed by atoms with Crippen molar-refractivity contribution >= 4 is 52.8 Å². The first-order valence-corrected chi connectivity index (χ1v) is 18.1. The predicted octanol–water partition coefficient (Wildman–Crippen LogP) is 6.43. The van der Waals surface area contributed by atoms with Crippen LogP contribution >= 0.6 is 11.6 Å². The van der Waals surface area contributed by atoms with Crippen LogP contribution in [0.15, 0.2) is 66.7 Å². The number of aromatic nitrogens is 3. The number of rotatable bonds is 18. The summed E-state index contributed by atoms with van der Waals surface area (Å²) in [6.07, 6.45) is -2.80. The Balaban J connectivity index is 1.00. The van der Waals surface area contributed by atoms with Gasteiger partial charge in [-0.3, -0.25) is 14.4 Å². The van der Waals surface area contributed by atoms with Gasteiger partial charge in [-0.2, -0.15) is 28.1 Å². The number of hydrogen-bond donors (Lipinski definition) is 5. The van der Waals surface area contributed by atoms with Gasteiger partial charge < -0.3 is 31.1 Å². The molecule has 6 rings (SSSR count). The van der Waals surface area contributed by atoms with Gasteiger partial charge in [-0.05, 0) is 110 Å². The average Bonchev–Trinajstić information content (AvgIpc) is 4.11. The van der Waals surface area contributed by atoms with Gasteiger partial charge in [0, 0.05) is 29.2 Å². The molecular formula is C38H35ClF5N7O6. The van der Waals surface area contributed by atoms with Crippen LogP contribution in [-0.2, 0) is 19.9 Å². The molecule has 2 saturated carbocycles. The highest BCUT2D eigenvalue weighted by atomic mass is 35.5. The average molecular weight is 816 g/mol. The smallest absolute Gasteiger partial charge is 0.422 e. The SMILES string of the molecule is O=C(CCC1CC1c1cc(F)ccc1F)C(=O)NCC[C@H](NC(=O)c1ccc(Nc2nc(NC3(c4ccc(Cl)cc4)CC3)nc(OCC(F)(F)F)n2)cc1)C(=O)O. The van der Waals surface area contributed by atoms with Crippen molar-refractivity contribution in [1.82, 2.24) is 25.6 Å². The summed E-state index contributed by atoms with van der Waals surface area (Å²) in [5, 5.41) is 20.9. The van der Waals surface area contributed by atoms with E-state index < -0.39 is 65.6 Å². The number of carboxylic acid groups (broad SMARTS) is 1. The molecule has 2 aliphatic rings. The lowest BCUT2D eigenvalue weighted by atomic mass is 10.0. The van der Waals surface area contributed by atoms with Crippen molar-refractivity contribution in [1.29, 1.82) is 0 Å². The highest BCUT2D eigenvalue weighted by molar-refractivity contribution is 6.36. The zero-order valence-corrected chi connectivity index (χ0v) is 30.6. The second kappa shape index (κ2) is 17.1. The molecule has 0 bridgehead atoms. The third-order valence-electron chi connectivity index (χ3n) is 9.48. The molecule has 2 fully saturated rings. The Morgan fingerprint density at radius 1 is 0.947 bits per heavy atom. The summed E-state index contributed by atoms with van der Waals surface area (Å²) in [6, 6.07) is 13.8. The van der Waals surface area contributed by atoms with E-state index >= 15 is 0 Å². The van der Waals surface area contributed by atoms with Crippen molar-refractivity contribution < 1.29 is 51.0 Å². The number of carbonyl (C=O) groups excluding carboxylic acids is 3. The van der Waals surface area contributed by atoms with Crippen molar-refractivity contribution in [2.24, 2.45) is 5.92 Å². The maximum absolute atomic E-state index is 14.0. The number of nitrogens with zero attached hydrogens (tertiary/aromatic N) is 3. The summed E-state index contributed by atoms with van der Waals surface area (Å²) in [4.78, 5) is 61.8. The lowest BCUT2D eigenvalue weighted by molar-refractivity contribution is -0.154. The fraction of sp³-hybridized carbons (Fsp3) is 0.342. The van der Waals surface area contributed by atoms with Crippen molar-refractivity contribution in [3.8, 4) is 6.01 Å². The Labute approximate surface area is 326 Å². The Morgan fingerprint density at radius 3 is 2.32 bits per heavy atom. The molecule has 300 valence electrons. The fourth-order valence-corrected chi connectivity index (χ4v) is 6.34. The van der Waals surface area contributed by atoms with Crippen LogP contribution in [0.3, 0.4) is 0 Å². The highest BCUT2D eigenvalue weighted by Crippen LogP contribution is 2.51. The Hall–Kier alpha value is -5.91. The maximum Gasteiger partial charge on any atom is 0.422 e. The molecule has 4 aromatic rings. The first-order valence-electron chi connectivity index (χ1n) is 17.7. The third kappa shape index (κ3) is 11.1. The van der Waals surface area contributed by atoms with Crippen molar-refractivity contribution in [3.05, 3.63) is 100 Å². The molecule has 1 heterocycles. The van der Waals surface area contributed by atoms with E-state index in [-0.39, 0.29) is 54.2 Å². The molecule has 0 radical (unpaired) electrons. The highest BCUT2D eigenvalue weighted by Gasteiger charge is 2.45. The summed E-state index contributed by atoms with van der Waals surface area (Å²) in [5.74, 6) is -5.47. The summed E-state index contributed by atoms with van der Waals surface area (Å²) in [7, 11) is 0. The van der Waals surface area contributed by atoms with Gasteiger partial charge in [-0.25, -0.2) is 13.6 Å². The quantitative estimate of drug-likeness (QED) is 0.0551. The lowest BCUT2D eigenvalue weighted by Crippen LogP contribution is -2.43. The van der Waals surface area contributed by atoms with Gasteiger partial charge in [-0.1, -0.05) is 23.7 Å². The molecule has 3 atom stereocenters. The molecule has 57 heavy (non-hydrogen) atoms. The van der Waals surface area contributed by atoms with Crippen LogP contribution in [0.2, 0.25) is 5.02 Å². The molecule has 0 spiro atoms. The molecule has 2 unspecified atom stereocenters. The summed E-state index contributed by atoms with van der Waals surface area (Å²) < 4.78 is 71.2. The van der Waals surface area contributed by atoms with Crippen LogP contribution in [0, 0.1) is 17.6 Å². The maximum atomic E-state index is 14.0. The molecule has 5 N–H and O–H groups in total. The second-order valence-electron chi connectivity index (χ2n) is 13.7. The van der Waals surface area contributed by atoms with Crippen LogP contribution in [0.4, 0.5) is 39.5 Å². The van der Waals surface area contributed by atoms with Crippen molar-refractivity contribution in [2.75, 3.05) is 23.8 Å². The number of ether oxygens (including phenoxy) is 1. The van der Waals surface area contributed by atoms with E-state index in [1.807, 2.05) is 12.1 Å². The number of Topliss-reactive ketones (excluding diaryl/α,β-unsaturated/α-hetero) is 1. The number of halogens is 6. The topological polar surface area (TPSA) is 185 Å². The summed E-state index contributed by atoms with van der Waals surface area (Å²) in [6.45, 7) is -1.89. The first kappa shape index (κ1) is 40.7. The monoisotopic (exact) mass is 815 g/mol. The van der Waals surface area contributed by atoms with Gasteiger partial charge in [-0.15, -0.1) is 0 Å². The van der Waals surface area contributed by atoms with E-state index in [0.717, 1.165) is 23.8 Å². The van der Waals surface area contributed by atoms with Crippen molar-refractivity contribution in [2.45, 2.75) is 62.2 Å². The van der Waals surface area contributed by atoms with E-state index in [0.29, 0.717) is 36.4 Å². The van der Waals surface area contributed by atoms with E-state index in [2.05, 4.69) is 36.2 Å². The Morgan fingerprint density at radius 2 is 1.65 bits per heavy atom. The van der Waals surface area contributed by atoms with E-state index in [9.17, 15) is 46.2 Å². The lowest BCUT2D eigenvalue weighted by Gasteiger charge is -2.19. The van der Waals surface area contributed by atoms with E-state index in [1.54, 1.807) is 12.1 Å². The van der Waals surface area contributed by atoms with Crippen LogP contribution in [0.25, 0.3) is 0 Å². The van der Waals surface area contributed by atoms with Gasteiger partial charge in [0.25, 0.3) is 11.8 Å².